The number of aromatic nitrogens is 2. The Morgan fingerprint density at radius 1 is 0.537 bits per heavy atom. The van der Waals surface area contributed by atoms with Gasteiger partial charge in [0.1, 0.15) is 11.5 Å². The minimum absolute atomic E-state index is 0.0864. The molecule has 0 unspecified atom stereocenters. The third kappa shape index (κ3) is 4.07. The third-order valence-electron chi connectivity index (χ3n) is 6.47. The molecule has 0 saturated heterocycles. The molecule has 0 saturated carbocycles. The largest absolute Gasteiger partial charge is 0.456 e. The molecule has 0 aliphatic heterocycles. The summed E-state index contributed by atoms with van der Waals surface area (Å²) in [5, 5.41) is 0.303. The minimum Gasteiger partial charge on any atom is -0.456 e. The van der Waals surface area contributed by atoms with Crippen LogP contribution in [0.5, 0.6) is 0 Å². The maximum Gasteiger partial charge on any atom is 0.134 e. The molecule has 192 valence electrons. The smallest absolute Gasteiger partial charge is 0.134 e. The molecule has 3 nitrogen and oxygen atoms in total. The molecule has 0 spiro atoms. The van der Waals surface area contributed by atoms with Gasteiger partial charge < -0.3 is 4.42 Å². The summed E-state index contributed by atoms with van der Waals surface area (Å²) in [5.74, 6) is -1.15. The van der Waals surface area contributed by atoms with Crippen molar-refractivity contribution in [2.45, 2.75) is 0 Å². The van der Waals surface area contributed by atoms with Crippen LogP contribution in [-0.4, -0.2) is 9.97 Å². The van der Waals surface area contributed by atoms with Gasteiger partial charge in [-0.3, -0.25) is 4.98 Å². The van der Waals surface area contributed by atoms with Crippen molar-refractivity contribution in [1.82, 2.24) is 9.97 Å². The van der Waals surface area contributed by atoms with E-state index in [0.29, 0.717) is 10.8 Å². The Balaban J connectivity index is 1.38. The Labute approximate surface area is 262 Å². The molecular formula is C38H24N2O. The van der Waals surface area contributed by atoms with E-state index < -0.39 is 132 Å². The number of fused-ring (bicyclic) bond motifs is 4. The van der Waals surface area contributed by atoms with Crippen LogP contribution in [0.1, 0.15) is 24.7 Å². The first kappa shape index (κ1) is 11.5. The van der Waals surface area contributed by atoms with Gasteiger partial charge in [0.2, 0.25) is 0 Å². The normalized spacial score (nSPS) is 17.6. The van der Waals surface area contributed by atoms with Crippen molar-refractivity contribution in [3.8, 4) is 45.0 Å². The van der Waals surface area contributed by atoms with Crippen LogP contribution in [0.2, 0.25) is 0 Å². The fourth-order valence-electron chi connectivity index (χ4n) is 4.61. The molecule has 8 aromatic rings. The monoisotopic (exact) mass is 542 g/mol. The van der Waals surface area contributed by atoms with E-state index in [4.69, 9.17) is 27.7 Å². The van der Waals surface area contributed by atoms with Gasteiger partial charge >= 0.3 is 0 Å². The number of hydrogen-bond donors (Lipinski definition) is 0. The highest BCUT2D eigenvalue weighted by atomic mass is 16.3. The van der Waals surface area contributed by atoms with Crippen LogP contribution < -0.4 is 0 Å². The third-order valence-corrected chi connectivity index (χ3v) is 6.47. The van der Waals surface area contributed by atoms with Crippen LogP contribution in [0, 0.1) is 0 Å². The number of hydrogen-bond acceptors (Lipinski definition) is 3. The van der Waals surface area contributed by atoms with Gasteiger partial charge in [0.15, 0.2) is 0 Å². The number of pyridine rings is 2. The highest BCUT2D eigenvalue weighted by Gasteiger charge is 2.13. The molecule has 0 N–H and O–H groups in total. The molecule has 8 rings (SSSR count). The molecule has 0 amide bonds. The minimum atomic E-state index is -0.716. The van der Waals surface area contributed by atoms with E-state index in [1.165, 1.54) is 12.1 Å². The van der Waals surface area contributed by atoms with Gasteiger partial charge in [-0.1, -0.05) is 109 Å². The molecule has 0 aliphatic carbocycles. The van der Waals surface area contributed by atoms with E-state index in [2.05, 4.69) is 9.97 Å². The standard InChI is InChI=1S/C38H24N2O/c1-2-8-25(9-3-1)35-21-22-36(41-35)29-11-6-10-28(24-29)30-18-19-33(32-14-5-4-13-31(30)32)34-20-17-27-16-15-26-12-7-23-39-37(26)38(27)40-34/h1-24H/i1D,2D,3D,6D,7D,8D,9D,10D,11D,12D,15D,16D,17D,20D,21D,22D,23D,24D. The Hall–Kier alpha value is -5.54. The molecule has 5 aromatic carbocycles. The van der Waals surface area contributed by atoms with Crippen molar-refractivity contribution < 1.29 is 29.1 Å². The summed E-state index contributed by atoms with van der Waals surface area (Å²) in [6.07, 6.45) is -0.582. The molecule has 0 atom stereocenters. The van der Waals surface area contributed by atoms with Gasteiger partial charge in [-0.25, -0.2) is 4.98 Å². The van der Waals surface area contributed by atoms with Gasteiger partial charge in [0.25, 0.3) is 0 Å². The zero-order valence-electron chi connectivity index (χ0n) is 38.8. The first-order chi connectivity index (χ1) is 27.8. The topological polar surface area (TPSA) is 38.9 Å². The Bertz CT molecular complexity index is 3190. The summed E-state index contributed by atoms with van der Waals surface area (Å²) in [5.41, 5.74) is -1.11. The molecule has 3 aromatic heterocycles. The van der Waals surface area contributed by atoms with Gasteiger partial charge in [-0.05, 0) is 52.1 Å². The lowest BCUT2D eigenvalue weighted by atomic mass is 9.92. The quantitative estimate of drug-likeness (QED) is 0.208. The number of rotatable bonds is 4. The predicted octanol–water partition coefficient (Wildman–Crippen LogP) is 10.2. The molecule has 0 fully saturated rings. The van der Waals surface area contributed by atoms with Crippen LogP contribution in [0.4, 0.5) is 0 Å². The second kappa shape index (κ2) is 9.58. The zero-order valence-corrected chi connectivity index (χ0v) is 20.8. The van der Waals surface area contributed by atoms with Crippen LogP contribution >= 0.6 is 0 Å². The molecule has 0 radical (unpaired) electrons. The lowest BCUT2D eigenvalue weighted by Crippen LogP contribution is -1.91. The molecule has 3 heteroatoms. The zero-order chi connectivity index (χ0) is 42.8. The van der Waals surface area contributed by atoms with Crippen molar-refractivity contribution >= 4 is 32.6 Å². The van der Waals surface area contributed by atoms with Crippen LogP contribution in [-0.2, 0) is 0 Å². The van der Waals surface area contributed by atoms with Gasteiger partial charge in [-0.15, -0.1) is 0 Å². The summed E-state index contributed by atoms with van der Waals surface area (Å²) in [7, 11) is 0. The fourth-order valence-corrected chi connectivity index (χ4v) is 4.61. The second-order valence-corrected chi connectivity index (χ2v) is 8.85. The van der Waals surface area contributed by atoms with E-state index in [1.54, 1.807) is 24.3 Å². The van der Waals surface area contributed by atoms with E-state index in [-0.39, 0.29) is 44.2 Å². The first-order valence-corrected chi connectivity index (χ1v) is 12.3. The average molecular weight is 543 g/mol. The summed E-state index contributed by atoms with van der Waals surface area (Å²) in [6.45, 7) is 0. The van der Waals surface area contributed by atoms with E-state index in [0.717, 1.165) is 0 Å². The molecule has 41 heavy (non-hydrogen) atoms. The molecule has 3 heterocycles. The predicted molar refractivity (Wildman–Crippen MR) is 169 cm³/mol. The maximum absolute atomic E-state index is 9.33. The lowest BCUT2D eigenvalue weighted by molar-refractivity contribution is 0.597. The van der Waals surface area contributed by atoms with Crippen molar-refractivity contribution in [2.24, 2.45) is 0 Å². The Morgan fingerprint density at radius 3 is 2.07 bits per heavy atom. The Morgan fingerprint density at radius 2 is 1.22 bits per heavy atom. The molecular weight excluding hydrogens is 500 g/mol. The fraction of sp³-hybridized carbons (Fsp3) is 0. The molecule has 0 bridgehead atoms. The van der Waals surface area contributed by atoms with E-state index >= 15 is 0 Å². The van der Waals surface area contributed by atoms with Crippen LogP contribution in [0.15, 0.2) is 150 Å². The van der Waals surface area contributed by atoms with Crippen molar-refractivity contribution in [3.63, 3.8) is 0 Å². The van der Waals surface area contributed by atoms with Crippen LogP contribution in [0.3, 0.4) is 0 Å². The number of nitrogens with zero attached hydrogens (tertiary/aromatic N) is 2. The number of furan rings is 1. The lowest BCUT2D eigenvalue weighted by Gasteiger charge is -2.13. The van der Waals surface area contributed by atoms with Gasteiger partial charge in [0, 0.05) is 33.6 Å². The van der Waals surface area contributed by atoms with Crippen molar-refractivity contribution in [1.29, 1.82) is 0 Å². The maximum atomic E-state index is 9.33. The van der Waals surface area contributed by atoms with Gasteiger partial charge in [0.05, 0.1) is 41.4 Å². The highest BCUT2D eigenvalue weighted by Crippen LogP contribution is 2.38. The van der Waals surface area contributed by atoms with Gasteiger partial charge in [-0.2, -0.15) is 0 Å². The van der Waals surface area contributed by atoms with Crippen LogP contribution in [0.25, 0.3) is 77.6 Å². The summed E-state index contributed by atoms with van der Waals surface area (Å²) >= 11 is 0. The Kier molecular flexibility index (Phi) is 2.69. The van der Waals surface area contributed by atoms with Crippen molar-refractivity contribution in [2.75, 3.05) is 0 Å². The van der Waals surface area contributed by atoms with E-state index in [1.807, 2.05) is 0 Å². The first-order valence-electron chi connectivity index (χ1n) is 21.3. The summed E-state index contributed by atoms with van der Waals surface area (Å²) < 4.78 is 160. The molecule has 0 aliphatic rings. The number of benzene rings is 5. The average Bonchev–Trinajstić information content (AvgIpc) is 3.49. The summed E-state index contributed by atoms with van der Waals surface area (Å²) in [4.78, 5) is 8.75. The highest BCUT2D eigenvalue weighted by molar-refractivity contribution is 6.07. The SMILES string of the molecule is [2H]c1nc2c(c([2H])c1[2H])c([2H])c([2H])c1c([2H])c([2H])c(-c3ccc(-c4c([2H])c([2H])c([2H])c(-c5oc(-c6c([2H])c([2H])c([2H])c([2H])c6[2H])c([2H])c5[2H])c4[2H])c4ccccc34)nc12. The van der Waals surface area contributed by atoms with E-state index in [9.17, 15) is 1.37 Å². The summed E-state index contributed by atoms with van der Waals surface area (Å²) in [6, 6.07) is -0.879. The second-order valence-electron chi connectivity index (χ2n) is 8.85. The van der Waals surface area contributed by atoms with Crippen molar-refractivity contribution in [3.05, 3.63) is 145 Å².